The van der Waals surface area contributed by atoms with Crippen molar-refractivity contribution in [3.05, 3.63) is 194 Å². The summed E-state index contributed by atoms with van der Waals surface area (Å²) in [6.45, 7) is 0. The number of nitrogens with zero attached hydrogens (tertiary/aromatic N) is 2. The van der Waals surface area contributed by atoms with Gasteiger partial charge in [0.25, 0.3) is 0 Å². The highest BCUT2D eigenvalue weighted by Crippen LogP contribution is 2.48. The van der Waals surface area contributed by atoms with Gasteiger partial charge in [0.05, 0.1) is 22.4 Å². The maximum atomic E-state index is 6.73. The molecule has 3 heterocycles. The van der Waals surface area contributed by atoms with E-state index in [1.54, 1.807) is 0 Å². The topological polar surface area (TPSA) is 34.5 Å². The molecule has 0 saturated carbocycles. The minimum Gasteiger partial charge on any atom is -0.456 e. The van der Waals surface area contributed by atoms with Gasteiger partial charge in [-0.25, -0.2) is 0 Å². The van der Waals surface area contributed by atoms with Crippen LogP contribution in [0.2, 0.25) is 0 Å². The Morgan fingerprint density at radius 1 is 0.375 bits per heavy atom. The van der Waals surface area contributed by atoms with E-state index in [1.165, 1.54) is 27.2 Å². The van der Waals surface area contributed by atoms with E-state index >= 15 is 0 Å². The van der Waals surface area contributed by atoms with Crippen LogP contribution in [0.3, 0.4) is 0 Å². The fourth-order valence-corrected chi connectivity index (χ4v) is 8.90. The van der Waals surface area contributed by atoms with E-state index in [2.05, 4.69) is 191 Å². The molecule has 0 bridgehead atoms. The summed E-state index contributed by atoms with van der Waals surface area (Å²) in [6.07, 6.45) is 0. The van der Waals surface area contributed by atoms with E-state index in [1.807, 2.05) is 12.1 Å². The molecule has 0 spiro atoms. The average Bonchev–Trinajstić information content (AvgIpc) is 3.93. The van der Waals surface area contributed by atoms with Gasteiger partial charge in [-0.1, -0.05) is 121 Å². The molecular weight excluding hydrogens is 685 g/mol. The molecule has 0 aliphatic carbocycles. The highest BCUT2D eigenvalue weighted by Gasteiger charge is 2.24. The average molecular weight is 717 g/mol. The number of para-hydroxylation sites is 5. The van der Waals surface area contributed by atoms with Gasteiger partial charge < -0.3 is 18.3 Å². The van der Waals surface area contributed by atoms with Crippen molar-refractivity contribution in [3.63, 3.8) is 0 Å². The molecule has 262 valence electrons. The molecule has 0 N–H and O–H groups in total. The second-order valence-corrected chi connectivity index (χ2v) is 14.5. The first-order valence-corrected chi connectivity index (χ1v) is 19.0. The van der Waals surface area contributed by atoms with Gasteiger partial charge in [-0.15, -0.1) is 0 Å². The first-order valence-electron chi connectivity index (χ1n) is 19.0. The fraction of sp³-hybridized carbons (Fsp3) is 0. The van der Waals surface area contributed by atoms with E-state index in [0.29, 0.717) is 0 Å². The maximum absolute atomic E-state index is 6.73. The summed E-state index contributed by atoms with van der Waals surface area (Å²) in [5.74, 6) is 0. The normalized spacial score (nSPS) is 11.9. The van der Waals surface area contributed by atoms with E-state index in [9.17, 15) is 0 Å². The van der Waals surface area contributed by atoms with Crippen molar-refractivity contribution in [1.82, 2.24) is 4.57 Å². The van der Waals surface area contributed by atoms with Gasteiger partial charge in [-0.3, -0.25) is 0 Å². The molecular formula is C52H32N2O2. The maximum Gasteiger partial charge on any atom is 0.159 e. The van der Waals surface area contributed by atoms with Gasteiger partial charge in [-0.05, 0) is 89.1 Å². The van der Waals surface area contributed by atoms with Crippen LogP contribution in [0.15, 0.2) is 203 Å². The van der Waals surface area contributed by atoms with Crippen molar-refractivity contribution in [2.24, 2.45) is 0 Å². The zero-order valence-electron chi connectivity index (χ0n) is 30.2. The largest absolute Gasteiger partial charge is 0.456 e. The van der Waals surface area contributed by atoms with E-state index in [-0.39, 0.29) is 0 Å². The predicted octanol–water partition coefficient (Wildman–Crippen LogP) is 14.9. The molecule has 56 heavy (non-hydrogen) atoms. The number of rotatable bonds is 5. The summed E-state index contributed by atoms with van der Waals surface area (Å²) in [5.41, 5.74) is 12.1. The number of hydrogen-bond acceptors (Lipinski definition) is 3. The minimum atomic E-state index is 0.841. The zero-order valence-corrected chi connectivity index (χ0v) is 30.2. The Morgan fingerprint density at radius 2 is 0.964 bits per heavy atom. The highest BCUT2D eigenvalue weighted by atomic mass is 16.3. The van der Waals surface area contributed by atoms with Crippen LogP contribution in [0, 0.1) is 0 Å². The Morgan fingerprint density at radius 3 is 1.77 bits per heavy atom. The number of furan rings is 2. The van der Waals surface area contributed by atoms with Gasteiger partial charge in [0.2, 0.25) is 0 Å². The van der Waals surface area contributed by atoms with Crippen LogP contribution in [-0.4, -0.2) is 4.57 Å². The Labute approximate surface area is 321 Å². The molecule has 0 unspecified atom stereocenters. The van der Waals surface area contributed by atoms with E-state index in [4.69, 9.17) is 8.83 Å². The second kappa shape index (κ2) is 12.0. The molecule has 0 radical (unpaired) electrons. The van der Waals surface area contributed by atoms with Crippen molar-refractivity contribution in [1.29, 1.82) is 0 Å². The summed E-state index contributed by atoms with van der Waals surface area (Å²) in [4.78, 5) is 2.35. The molecule has 3 aromatic heterocycles. The molecule has 4 nitrogen and oxygen atoms in total. The minimum absolute atomic E-state index is 0.841. The van der Waals surface area contributed by atoms with Gasteiger partial charge >= 0.3 is 0 Å². The molecule has 0 saturated heterocycles. The number of hydrogen-bond donors (Lipinski definition) is 0. The standard InChI is InChI=1S/C52H32N2O2/c1-2-14-34-32-50-43(31-33(34)13-1)51-41(19-12-26-49(51)55-50)39-17-5-9-23-46(39)54(47-24-11-20-42-40-18-6-10-25-48(40)56-52(42)47)36-29-27-35(28-30-36)53-44-21-7-3-15-37(44)38-16-4-8-22-45(38)53/h1-32H. The number of aromatic nitrogens is 1. The fourth-order valence-electron chi connectivity index (χ4n) is 8.90. The number of fused-ring (bicyclic) bond motifs is 10. The monoisotopic (exact) mass is 716 g/mol. The Bertz CT molecular complexity index is 3440. The molecule has 12 rings (SSSR count). The third-order valence-corrected chi connectivity index (χ3v) is 11.4. The van der Waals surface area contributed by atoms with Crippen LogP contribution in [0.5, 0.6) is 0 Å². The van der Waals surface area contributed by atoms with E-state index < -0.39 is 0 Å². The predicted molar refractivity (Wildman–Crippen MR) is 233 cm³/mol. The lowest BCUT2D eigenvalue weighted by Gasteiger charge is -2.28. The Kier molecular flexibility index (Phi) is 6.60. The third kappa shape index (κ3) is 4.53. The van der Waals surface area contributed by atoms with Gasteiger partial charge in [-0.2, -0.15) is 0 Å². The van der Waals surface area contributed by atoms with Crippen molar-refractivity contribution in [2.75, 3.05) is 4.90 Å². The summed E-state index contributed by atoms with van der Waals surface area (Å²) in [6, 6.07) is 69.0. The first kappa shape index (κ1) is 30.9. The van der Waals surface area contributed by atoms with Crippen LogP contribution >= 0.6 is 0 Å². The van der Waals surface area contributed by atoms with Gasteiger partial charge in [0.15, 0.2) is 5.58 Å². The SMILES string of the molecule is c1ccc(N(c2ccc(-n3c4ccccc4c4ccccc43)cc2)c2cccc3c2oc2ccccc23)c(-c2cccc3oc4cc5ccccc5cc4c23)c1. The second-order valence-electron chi connectivity index (χ2n) is 14.5. The lowest BCUT2D eigenvalue weighted by Crippen LogP contribution is -2.11. The molecule has 0 amide bonds. The van der Waals surface area contributed by atoms with Crippen molar-refractivity contribution < 1.29 is 8.83 Å². The van der Waals surface area contributed by atoms with Crippen LogP contribution in [0.25, 0.3) is 93.3 Å². The van der Waals surface area contributed by atoms with Crippen LogP contribution in [0.1, 0.15) is 0 Å². The highest BCUT2D eigenvalue weighted by molar-refractivity contribution is 6.17. The number of benzene rings is 9. The molecule has 4 heteroatoms. The molecule has 0 aliphatic heterocycles. The summed E-state index contributed by atoms with van der Waals surface area (Å²) >= 11 is 0. The molecule has 0 atom stereocenters. The van der Waals surface area contributed by atoms with Crippen molar-refractivity contribution in [2.45, 2.75) is 0 Å². The Balaban J connectivity index is 1.11. The van der Waals surface area contributed by atoms with Crippen LogP contribution in [0.4, 0.5) is 17.1 Å². The lowest BCUT2D eigenvalue weighted by molar-refractivity contribution is 0.669. The quantitative estimate of drug-likeness (QED) is 0.178. The Hall–Kier alpha value is -7.56. The zero-order chi connectivity index (χ0) is 36.7. The summed E-state index contributed by atoms with van der Waals surface area (Å²) < 4.78 is 15.7. The summed E-state index contributed by atoms with van der Waals surface area (Å²) in [5, 5.41) is 9.22. The van der Waals surface area contributed by atoms with Gasteiger partial charge in [0.1, 0.15) is 16.7 Å². The summed E-state index contributed by atoms with van der Waals surface area (Å²) in [7, 11) is 0. The third-order valence-electron chi connectivity index (χ3n) is 11.4. The lowest BCUT2D eigenvalue weighted by atomic mass is 9.96. The van der Waals surface area contributed by atoms with Crippen LogP contribution < -0.4 is 4.90 Å². The first-order chi connectivity index (χ1) is 27.8. The van der Waals surface area contributed by atoms with Crippen molar-refractivity contribution in [3.8, 4) is 16.8 Å². The molecule has 9 aromatic carbocycles. The molecule has 0 aliphatic rings. The molecule has 12 aromatic rings. The number of anilines is 3. The van der Waals surface area contributed by atoms with Crippen molar-refractivity contribution >= 4 is 93.5 Å². The van der Waals surface area contributed by atoms with Gasteiger partial charge in [0, 0.05) is 49.3 Å². The van der Waals surface area contributed by atoms with Crippen LogP contribution in [-0.2, 0) is 0 Å². The smallest absolute Gasteiger partial charge is 0.159 e. The van der Waals surface area contributed by atoms with E-state index in [0.717, 1.165) is 83.1 Å². The molecule has 0 fully saturated rings.